The summed E-state index contributed by atoms with van der Waals surface area (Å²) in [6.07, 6.45) is 0.945. The molecule has 0 bridgehead atoms. The van der Waals surface area contributed by atoms with Crippen LogP contribution in [0.25, 0.3) is 0 Å². The number of hydrogen-bond donors (Lipinski definition) is 0. The molecule has 1 fully saturated rings. The molecule has 0 aromatic rings. The maximum atomic E-state index is 11.6. The van der Waals surface area contributed by atoms with Crippen molar-refractivity contribution in [1.29, 1.82) is 0 Å². The maximum absolute atomic E-state index is 11.6. The highest BCUT2D eigenvalue weighted by molar-refractivity contribution is 7.86. The molecule has 4 nitrogen and oxygen atoms in total. The predicted molar refractivity (Wildman–Crippen MR) is 48.0 cm³/mol. The molecule has 0 spiro atoms. The molecule has 0 saturated carbocycles. The van der Waals surface area contributed by atoms with Crippen LogP contribution in [0.1, 0.15) is 20.3 Å². The fraction of sp³-hybridized carbons (Fsp3) is 1.00. The first-order valence-electron chi connectivity index (χ1n) is 4.38. The summed E-state index contributed by atoms with van der Waals surface area (Å²) in [4.78, 5) is 0. The lowest BCUT2D eigenvalue weighted by Crippen LogP contribution is -2.49. The van der Waals surface area contributed by atoms with Crippen LogP contribution >= 0.6 is 0 Å². The molecule has 0 atom stereocenters. The standard InChI is InChI=1S/C7H16N2O2S/c1-3-8-6-5-7-9(4-2)12(8,10)11/h3-7H2,1-2H3. The van der Waals surface area contributed by atoms with Crippen molar-refractivity contribution in [3.63, 3.8) is 0 Å². The van der Waals surface area contributed by atoms with Crippen molar-refractivity contribution >= 4 is 10.2 Å². The molecule has 1 aliphatic heterocycles. The molecule has 0 radical (unpaired) electrons. The van der Waals surface area contributed by atoms with Gasteiger partial charge in [-0.3, -0.25) is 0 Å². The van der Waals surface area contributed by atoms with Crippen LogP contribution in [0.4, 0.5) is 0 Å². The Kier molecular flexibility index (Phi) is 3.09. The molecular weight excluding hydrogens is 176 g/mol. The molecule has 12 heavy (non-hydrogen) atoms. The van der Waals surface area contributed by atoms with E-state index in [9.17, 15) is 8.42 Å². The Hall–Kier alpha value is -0.130. The van der Waals surface area contributed by atoms with Crippen LogP contribution in [0.3, 0.4) is 0 Å². The molecule has 1 rings (SSSR count). The highest BCUT2D eigenvalue weighted by Crippen LogP contribution is 2.14. The van der Waals surface area contributed by atoms with Crippen molar-refractivity contribution in [2.45, 2.75) is 20.3 Å². The van der Waals surface area contributed by atoms with Gasteiger partial charge < -0.3 is 0 Å². The number of nitrogens with zero attached hydrogens (tertiary/aromatic N) is 2. The van der Waals surface area contributed by atoms with Crippen molar-refractivity contribution in [2.75, 3.05) is 26.2 Å². The molecular formula is C7H16N2O2S. The van der Waals surface area contributed by atoms with E-state index in [0.717, 1.165) is 6.42 Å². The summed E-state index contributed by atoms with van der Waals surface area (Å²) in [6, 6.07) is 0. The van der Waals surface area contributed by atoms with E-state index < -0.39 is 10.2 Å². The summed E-state index contributed by atoms with van der Waals surface area (Å²) in [5.74, 6) is 0. The summed E-state index contributed by atoms with van der Waals surface area (Å²) in [5.41, 5.74) is 0. The quantitative estimate of drug-likeness (QED) is 0.630. The highest BCUT2D eigenvalue weighted by Gasteiger charge is 2.30. The topological polar surface area (TPSA) is 40.6 Å². The van der Waals surface area contributed by atoms with Gasteiger partial charge in [0.05, 0.1) is 0 Å². The van der Waals surface area contributed by atoms with Gasteiger partial charge in [-0.25, -0.2) is 0 Å². The second kappa shape index (κ2) is 3.72. The molecule has 0 N–H and O–H groups in total. The summed E-state index contributed by atoms with van der Waals surface area (Å²) < 4.78 is 26.3. The van der Waals surface area contributed by atoms with E-state index in [0.29, 0.717) is 26.2 Å². The molecule has 1 saturated heterocycles. The third kappa shape index (κ3) is 1.62. The monoisotopic (exact) mass is 192 g/mol. The number of hydrogen-bond acceptors (Lipinski definition) is 2. The fourth-order valence-corrected chi connectivity index (χ4v) is 3.16. The zero-order valence-electron chi connectivity index (χ0n) is 7.65. The van der Waals surface area contributed by atoms with E-state index in [2.05, 4.69) is 0 Å². The molecule has 5 heteroatoms. The highest BCUT2D eigenvalue weighted by atomic mass is 32.2. The zero-order valence-corrected chi connectivity index (χ0v) is 8.47. The largest absolute Gasteiger partial charge is 0.281 e. The fourth-order valence-electron chi connectivity index (χ4n) is 1.46. The Morgan fingerprint density at radius 1 is 1.08 bits per heavy atom. The Morgan fingerprint density at radius 2 is 1.50 bits per heavy atom. The second-order valence-electron chi connectivity index (χ2n) is 2.84. The van der Waals surface area contributed by atoms with Crippen LogP contribution in [0, 0.1) is 0 Å². The summed E-state index contributed by atoms with van der Waals surface area (Å²) in [6.45, 7) is 6.26. The Bertz CT molecular complexity index is 220. The number of rotatable bonds is 2. The van der Waals surface area contributed by atoms with Crippen molar-refractivity contribution < 1.29 is 8.42 Å². The minimum Gasteiger partial charge on any atom is -0.195 e. The second-order valence-corrected chi connectivity index (χ2v) is 4.77. The van der Waals surface area contributed by atoms with E-state index in [1.165, 1.54) is 8.61 Å². The molecule has 1 heterocycles. The normalized spacial score (nSPS) is 25.8. The van der Waals surface area contributed by atoms with Gasteiger partial charge in [0.2, 0.25) is 0 Å². The SMILES string of the molecule is CCN1CCCN(CC)S1(=O)=O. The molecule has 0 amide bonds. The van der Waals surface area contributed by atoms with Crippen LogP contribution in [-0.2, 0) is 10.2 Å². The zero-order chi connectivity index (χ0) is 9.19. The molecule has 1 aliphatic rings. The first-order valence-corrected chi connectivity index (χ1v) is 5.77. The van der Waals surface area contributed by atoms with Gasteiger partial charge in [-0.2, -0.15) is 17.0 Å². The van der Waals surface area contributed by atoms with Crippen LogP contribution < -0.4 is 0 Å². The molecule has 0 aromatic carbocycles. The first kappa shape index (κ1) is 9.95. The molecule has 0 unspecified atom stereocenters. The van der Waals surface area contributed by atoms with Gasteiger partial charge in [0, 0.05) is 26.2 Å². The lowest BCUT2D eigenvalue weighted by Gasteiger charge is -2.33. The van der Waals surface area contributed by atoms with Gasteiger partial charge in [-0.15, -0.1) is 0 Å². The van der Waals surface area contributed by atoms with Crippen LogP contribution in [0.2, 0.25) is 0 Å². The van der Waals surface area contributed by atoms with E-state index in [4.69, 9.17) is 0 Å². The summed E-state index contributed by atoms with van der Waals surface area (Å²) in [7, 11) is -3.10. The third-order valence-corrected chi connectivity index (χ3v) is 4.36. The Morgan fingerprint density at radius 3 is 1.83 bits per heavy atom. The first-order chi connectivity index (χ1) is 5.62. The van der Waals surface area contributed by atoms with Gasteiger partial charge in [-0.05, 0) is 6.42 Å². The Labute approximate surface area is 74.3 Å². The van der Waals surface area contributed by atoms with E-state index >= 15 is 0 Å². The minimum atomic E-state index is -3.10. The Balaban J connectivity index is 2.82. The van der Waals surface area contributed by atoms with Crippen LogP contribution in [0.15, 0.2) is 0 Å². The van der Waals surface area contributed by atoms with Crippen molar-refractivity contribution in [3.8, 4) is 0 Å². The average molecular weight is 192 g/mol. The van der Waals surface area contributed by atoms with Crippen LogP contribution in [-0.4, -0.2) is 43.2 Å². The summed E-state index contributed by atoms with van der Waals surface area (Å²) in [5, 5.41) is 0. The lowest BCUT2D eigenvalue weighted by atomic mass is 10.4. The molecule has 0 aromatic heterocycles. The lowest BCUT2D eigenvalue weighted by molar-refractivity contribution is 0.297. The van der Waals surface area contributed by atoms with Gasteiger partial charge in [0.1, 0.15) is 0 Å². The van der Waals surface area contributed by atoms with Crippen LogP contribution in [0.5, 0.6) is 0 Å². The van der Waals surface area contributed by atoms with Crippen molar-refractivity contribution in [1.82, 2.24) is 8.61 Å². The molecule has 72 valence electrons. The van der Waals surface area contributed by atoms with Gasteiger partial charge in [0.25, 0.3) is 10.2 Å². The van der Waals surface area contributed by atoms with Crippen molar-refractivity contribution in [3.05, 3.63) is 0 Å². The average Bonchev–Trinajstić information content (AvgIpc) is 2.03. The predicted octanol–water partition coefficient (Wildman–Crippen LogP) is 0.279. The van der Waals surface area contributed by atoms with Gasteiger partial charge in [-0.1, -0.05) is 13.8 Å². The van der Waals surface area contributed by atoms with Gasteiger partial charge in [0.15, 0.2) is 0 Å². The maximum Gasteiger partial charge on any atom is 0.281 e. The minimum absolute atomic E-state index is 0.582. The smallest absolute Gasteiger partial charge is 0.195 e. The van der Waals surface area contributed by atoms with E-state index in [1.807, 2.05) is 13.8 Å². The molecule has 0 aliphatic carbocycles. The van der Waals surface area contributed by atoms with E-state index in [1.54, 1.807) is 0 Å². The third-order valence-electron chi connectivity index (χ3n) is 2.17. The summed E-state index contributed by atoms with van der Waals surface area (Å²) >= 11 is 0. The van der Waals surface area contributed by atoms with Crippen molar-refractivity contribution in [2.24, 2.45) is 0 Å². The van der Waals surface area contributed by atoms with Gasteiger partial charge >= 0.3 is 0 Å². The van der Waals surface area contributed by atoms with E-state index in [-0.39, 0.29) is 0 Å².